The quantitative estimate of drug-likeness (QED) is 0.783. The van der Waals surface area contributed by atoms with Crippen LogP contribution in [0, 0.1) is 0 Å². The van der Waals surface area contributed by atoms with E-state index >= 15 is 0 Å². The Morgan fingerprint density at radius 2 is 1.19 bits per heavy atom. The summed E-state index contributed by atoms with van der Waals surface area (Å²) in [6, 6.07) is 0. The lowest BCUT2D eigenvalue weighted by Crippen LogP contribution is -2.44. The van der Waals surface area contributed by atoms with Gasteiger partial charge in [0.25, 0.3) is 0 Å². The molecular formula is C7H13F3O4S2. The Bertz CT molecular complexity index is 409. The Balaban J connectivity index is 5.70. The molecule has 0 saturated carbocycles. The van der Waals surface area contributed by atoms with E-state index in [1.54, 1.807) is 0 Å². The highest BCUT2D eigenvalue weighted by Gasteiger charge is 2.53. The summed E-state index contributed by atoms with van der Waals surface area (Å²) in [6.45, 7) is 1.79. The lowest BCUT2D eigenvalue weighted by atomic mass is 10.5. The molecule has 0 heterocycles. The average Bonchev–Trinajstić information content (AvgIpc) is 1.98. The van der Waals surface area contributed by atoms with E-state index in [1.165, 1.54) is 0 Å². The third-order valence-corrected chi connectivity index (χ3v) is 7.67. The smallest absolute Gasteiger partial charge is 0.227 e. The van der Waals surface area contributed by atoms with Gasteiger partial charge in [-0.1, -0.05) is 0 Å². The molecule has 0 aliphatic carbocycles. The number of halogens is 3. The van der Waals surface area contributed by atoms with E-state index in [4.69, 9.17) is 0 Å². The molecule has 0 aromatic heterocycles. The molecule has 0 spiro atoms. The first-order valence-corrected chi connectivity index (χ1v) is 7.28. The Morgan fingerprint density at radius 1 is 0.875 bits per heavy atom. The zero-order valence-electron chi connectivity index (χ0n) is 9.16. The highest BCUT2D eigenvalue weighted by molar-refractivity contribution is 8.10. The standard InChI is InChI=1S/C7H13F3O4S2/c1-5(15(11,12)6(2,3)8)16(13,14)7(4,9)10/h5H,1-4H3. The third kappa shape index (κ3) is 2.50. The number of sulfone groups is 2. The first-order valence-electron chi connectivity index (χ1n) is 4.19. The maximum Gasteiger partial charge on any atom is 0.344 e. The van der Waals surface area contributed by atoms with Crippen LogP contribution in [0.5, 0.6) is 0 Å². The van der Waals surface area contributed by atoms with Crippen LogP contribution in [0.4, 0.5) is 13.2 Å². The summed E-state index contributed by atoms with van der Waals surface area (Å²) in [4.78, 5) is 0. The molecule has 4 nitrogen and oxygen atoms in total. The molecule has 0 aromatic rings. The van der Waals surface area contributed by atoms with Crippen molar-refractivity contribution in [3.8, 4) is 0 Å². The number of hydrogen-bond donors (Lipinski definition) is 0. The van der Waals surface area contributed by atoms with Crippen molar-refractivity contribution in [1.82, 2.24) is 0 Å². The first-order chi connectivity index (χ1) is 6.65. The van der Waals surface area contributed by atoms with Crippen molar-refractivity contribution in [3.63, 3.8) is 0 Å². The maximum absolute atomic E-state index is 13.2. The summed E-state index contributed by atoms with van der Waals surface area (Å²) in [5.74, 6) is 0. The fourth-order valence-electron chi connectivity index (χ4n) is 0.853. The van der Waals surface area contributed by atoms with E-state index < -0.39 is 34.5 Å². The monoisotopic (exact) mass is 282 g/mol. The zero-order valence-corrected chi connectivity index (χ0v) is 10.8. The fraction of sp³-hybridized carbons (Fsp3) is 1.00. The van der Waals surface area contributed by atoms with Gasteiger partial charge in [-0.2, -0.15) is 8.78 Å². The largest absolute Gasteiger partial charge is 0.344 e. The number of rotatable bonds is 4. The van der Waals surface area contributed by atoms with E-state index in [9.17, 15) is 30.0 Å². The molecule has 1 atom stereocenters. The lowest BCUT2D eigenvalue weighted by molar-refractivity contribution is 0.114. The van der Waals surface area contributed by atoms with Crippen LogP contribution < -0.4 is 0 Å². The van der Waals surface area contributed by atoms with E-state index in [1.807, 2.05) is 0 Å². The maximum atomic E-state index is 13.2. The molecule has 16 heavy (non-hydrogen) atoms. The highest BCUT2D eigenvalue weighted by Crippen LogP contribution is 2.32. The molecule has 1 unspecified atom stereocenters. The summed E-state index contributed by atoms with van der Waals surface area (Å²) < 4.78 is 81.1. The molecule has 0 amide bonds. The minimum atomic E-state index is -5.28. The Labute approximate surface area is 92.7 Å². The van der Waals surface area contributed by atoms with Gasteiger partial charge in [0.15, 0.2) is 4.58 Å². The Kier molecular flexibility index (Phi) is 3.79. The number of hydrogen-bond acceptors (Lipinski definition) is 4. The summed E-state index contributed by atoms with van der Waals surface area (Å²) in [5.41, 5.74) is 0. The van der Waals surface area contributed by atoms with E-state index in [2.05, 4.69) is 0 Å². The molecule has 0 aliphatic heterocycles. The van der Waals surface area contributed by atoms with Gasteiger partial charge >= 0.3 is 5.25 Å². The predicted octanol–water partition coefficient (Wildman–Crippen LogP) is 1.48. The van der Waals surface area contributed by atoms with Crippen LogP contribution in [0.1, 0.15) is 27.7 Å². The SMILES string of the molecule is CC(S(=O)(=O)C(C)(C)F)S(=O)(=O)C(C)(F)F. The summed E-state index contributed by atoms with van der Waals surface area (Å²) >= 11 is 0. The van der Waals surface area contributed by atoms with E-state index in [0.29, 0.717) is 20.8 Å². The zero-order chi connectivity index (χ0) is 13.6. The van der Waals surface area contributed by atoms with Crippen LogP contribution in [0.3, 0.4) is 0 Å². The van der Waals surface area contributed by atoms with Gasteiger partial charge in [0, 0.05) is 6.92 Å². The molecule has 0 radical (unpaired) electrons. The third-order valence-electron chi connectivity index (χ3n) is 2.05. The number of alkyl halides is 3. The molecule has 0 rings (SSSR count). The van der Waals surface area contributed by atoms with Gasteiger partial charge < -0.3 is 0 Å². The lowest BCUT2D eigenvalue weighted by Gasteiger charge is -2.23. The van der Waals surface area contributed by atoms with Crippen molar-refractivity contribution in [1.29, 1.82) is 0 Å². The van der Waals surface area contributed by atoms with Crippen molar-refractivity contribution in [2.75, 3.05) is 0 Å². The van der Waals surface area contributed by atoms with Crippen molar-refractivity contribution in [3.05, 3.63) is 0 Å². The minimum absolute atomic E-state index is 0.0551. The average molecular weight is 282 g/mol. The van der Waals surface area contributed by atoms with Crippen LogP contribution >= 0.6 is 0 Å². The van der Waals surface area contributed by atoms with Crippen LogP contribution in [-0.4, -0.2) is 31.7 Å². The molecule has 9 heteroatoms. The molecular weight excluding hydrogens is 269 g/mol. The van der Waals surface area contributed by atoms with Crippen molar-refractivity contribution >= 4 is 19.7 Å². The van der Waals surface area contributed by atoms with E-state index in [0.717, 1.165) is 0 Å². The van der Waals surface area contributed by atoms with Gasteiger partial charge in [-0.25, -0.2) is 21.2 Å². The molecule has 0 aromatic carbocycles. The van der Waals surface area contributed by atoms with Crippen LogP contribution in [0.15, 0.2) is 0 Å². The second-order valence-corrected chi connectivity index (χ2v) is 9.41. The van der Waals surface area contributed by atoms with Crippen molar-refractivity contribution in [2.45, 2.75) is 42.5 Å². The summed E-state index contributed by atoms with van der Waals surface area (Å²) in [7, 11) is -10.1. The highest BCUT2D eigenvalue weighted by atomic mass is 32.3. The molecule has 0 aliphatic rings. The van der Waals surface area contributed by atoms with Gasteiger partial charge in [-0.3, -0.25) is 0 Å². The molecule has 0 fully saturated rings. The minimum Gasteiger partial charge on any atom is -0.227 e. The van der Waals surface area contributed by atoms with Crippen molar-refractivity contribution < 1.29 is 30.0 Å². The van der Waals surface area contributed by atoms with Gasteiger partial charge in [-0.05, 0) is 20.8 Å². The van der Waals surface area contributed by atoms with Gasteiger partial charge in [-0.15, -0.1) is 0 Å². The van der Waals surface area contributed by atoms with Gasteiger partial charge in [0.1, 0.15) is 0 Å². The Hall–Kier alpha value is -0.310. The van der Waals surface area contributed by atoms with E-state index in [-0.39, 0.29) is 6.92 Å². The van der Waals surface area contributed by atoms with Crippen LogP contribution in [0.25, 0.3) is 0 Å². The van der Waals surface area contributed by atoms with Crippen LogP contribution in [-0.2, 0) is 19.7 Å². The Morgan fingerprint density at radius 3 is 1.38 bits per heavy atom. The van der Waals surface area contributed by atoms with Gasteiger partial charge in [0.2, 0.25) is 24.7 Å². The molecule has 98 valence electrons. The van der Waals surface area contributed by atoms with Crippen molar-refractivity contribution in [2.24, 2.45) is 0 Å². The van der Waals surface area contributed by atoms with Gasteiger partial charge in [0.05, 0.1) is 0 Å². The topological polar surface area (TPSA) is 68.3 Å². The first kappa shape index (κ1) is 15.7. The molecule has 0 bridgehead atoms. The molecule has 0 saturated heterocycles. The second kappa shape index (κ2) is 3.86. The normalized spacial score (nSPS) is 17.2. The summed E-state index contributed by atoms with van der Waals surface area (Å²) in [6.07, 6.45) is 0. The predicted molar refractivity (Wildman–Crippen MR) is 53.1 cm³/mol. The summed E-state index contributed by atoms with van der Waals surface area (Å²) in [5, 5.41) is -7.13. The van der Waals surface area contributed by atoms with Crippen LogP contribution in [0.2, 0.25) is 0 Å². The fourth-order valence-corrected chi connectivity index (χ4v) is 4.75. The second-order valence-electron chi connectivity index (χ2n) is 3.83. The molecule has 0 N–H and O–H groups in total.